The maximum Gasteiger partial charge on any atom is 0.0608 e. The second-order valence-electron chi connectivity index (χ2n) is 6.71. The van der Waals surface area contributed by atoms with Gasteiger partial charge in [-0.3, -0.25) is 0 Å². The summed E-state index contributed by atoms with van der Waals surface area (Å²) in [6.45, 7) is 6.60. The van der Waals surface area contributed by atoms with Crippen LogP contribution < -0.4 is 0 Å². The van der Waals surface area contributed by atoms with Crippen molar-refractivity contribution in [3.63, 3.8) is 0 Å². The maximum absolute atomic E-state index is 10.6. The fourth-order valence-electron chi connectivity index (χ4n) is 3.82. The third-order valence-corrected chi connectivity index (χ3v) is 5.19. The van der Waals surface area contributed by atoms with Gasteiger partial charge in [0.2, 0.25) is 0 Å². The summed E-state index contributed by atoms with van der Waals surface area (Å²) >= 11 is 0. The first kappa shape index (κ1) is 15.6. The molecule has 1 unspecified atom stereocenters. The molecule has 1 aliphatic carbocycles. The molecule has 0 amide bonds. The van der Waals surface area contributed by atoms with Gasteiger partial charge in [0, 0.05) is 0 Å². The Labute approximate surface area is 124 Å². The third-order valence-electron chi connectivity index (χ3n) is 5.19. The van der Waals surface area contributed by atoms with Crippen molar-refractivity contribution in [1.29, 1.82) is 0 Å². The molecule has 20 heavy (non-hydrogen) atoms. The summed E-state index contributed by atoms with van der Waals surface area (Å²) in [7, 11) is 0. The van der Waals surface area contributed by atoms with Crippen molar-refractivity contribution >= 4 is 0 Å². The molecule has 0 saturated heterocycles. The number of rotatable bonds is 5. The highest BCUT2D eigenvalue weighted by Crippen LogP contribution is 2.34. The third kappa shape index (κ3) is 3.85. The van der Waals surface area contributed by atoms with E-state index in [4.69, 9.17) is 0 Å². The van der Waals surface area contributed by atoms with E-state index >= 15 is 0 Å². The molecule has 1 aromatic rings. The Kier molecular flexibility index (Phi) is 5.65. The van der Waals surface area contributed by atoms with E-state index in [1.807, 2.05) is 0 Å². The molecule has 1 fully saturated rings. The molecule has 0 heterocycles. The average Bonchev–Trinajstić information content (AvgIpc) is 2.44. The molecule has 1 atom stereocenters. The fourth-order valence-corrected chi connectivity index (χ4v) is 3.82. The van der Waals surface area contributed by atoms with Gasteiger partial charge in [-0.15, -0.1) is 0 Å². The number of aliphatic hydroxyl groups is 1. The van der Waals surface area contributed by atoms with E-state index in [1.54, 1.807) is 0 Å². The van der Waals surface area contributed by atoms with Crippen molar-refractivity contribution in [2.45, 2.75) is 71.8 Å². The van der Waals surface area contributed by atoms with Crippen LogP contribution in [-0.2, 0) is 6.42 Å². The molecule has 0 aromatic heterocycles. The minimum atomic E-state index is -0.155. The predicted molar refractivity (Wildman–Crippen MR) is 86.0 cm³/mol. The Morgan fingerprint density at radius 3 is 2.25 bits per heavy atom. The van der Waals surface area contributed by atoms with Crippen LogP contribution in [0.25, 0.3) is 0 Å². The van der Waals surface area contributed by atoms with E-state index < -0.39 is 0 Å². The van der Waals surface area contributed by atoms with Crippen molar-refractivity contribution in [3.05, 3.63) is 34.9 Å². The van der Waals surface area contributed by atoms with E-state index in [0.29, 0.717) is 5.92 Å². The Bertz CT molecular complexity index is 396. The molecule has 0 spiro atoms. The molecule has 1 aliphatic rings. The van der Waals surface area contributed by atoms with Crippen LogP contribution in [0.5, 0.6) is 0 Å². The number of hydrogen-bond acceptors (Lipinski definition) is 1. The standard InChI is InChI=1S/C19H30O/c1-4-6-16-9-11-17(12-10-16)19(20)13-18-14(2)7-5-8-15(18)3/h5,7-8,16-17,19-20H,4,6,9-13H2,1-3H3. The Balaban J connectivity index is 1.91. The predicted octanol–water partition coefficient (Wildman–Crippen LogP) is 4.81. The zero-order chi connectivity index (χ0) is 14.5. The van der Waals surface area contributed by atoms with Crippen molar-refractivity contribution in [1.82, 2.24) is 0 Å². The van der Waals surface area contributed by atoms with Crippen LogP contribution in [0.4, 0.5) is 0 Å². The van der Waals surface area contributed by atoms with Gasteiger partial charge in [0.1, 0.15) is 0 Å². The van der Waals surface area contributed by atoms with E-state index in [2.05, 4.69) is 39.0 Å². The second-order valence-corrected chi connectivity index (χ2v) is 6.71. The Morgan fingerprint density at radius 1 is 1.10 bits per heavy atom. The molecular formula is C19H30O. The van der Waals surface area contributed by atoms with Crippen LogP contribution in [0.3, 0.4) is 0 Å². The van der Waals surface area contributed by atoms with Crippen molar-refractivity contribution in [2.75, 3.05) is 0 Å². The highest BCUT2D eigenvalue weighted by atomic mass is 16.3. The van der Waals surface area contributed by atoms with Gasteiger partial charge in [0.05, 0.1) is 6.10 Å². The van der Waals surface area contributed by atoms with Gasteiger partial charge in [0.25, 0.3) is 0 Å². The number of aryl methyl sites for hydroxylation is 2. The van der Waals surface area contributed by atoms with Crippen molar-refractivity contribution < 1.29 is 5.11 Å². The highest BCUT2D eigenvalue weighted by Gasteiger charge is 2.26. The molecule has 0 aliphatic heterocycles. The molecular weight excluding hydrogens is 244 g/mol. The zero-order valence-corrected chi connectivity index (χ0v) is 13.4. The lowest BCUT2D eigenvalue weighted by atomic mass is 9.76. The second kappa shape index (κ2) is 7.26. The summed E-state index contributed by atoms with van der Waals surface area (Å²) in [6.07, 6.45) is 8.44. The lowest BCUT2D eigenvalue weighted by Crippen LogP contribution is -2.28. The molecule has 1 aromatic carbocycles. The van der Waals surface area contributed by atoms with Gasteiger partial charge in [0.15, 0.2) is 0 Å². The SMILES string of the molecule is CCCC1CCC(C(O)Cc2c(C)cccc2C)CC1. The summed E-state index contributed by atoms with van der Waals surface area (Å²) in [5.41, 5.74) is 4.00. The molecule has 1 heteroatoms. The Hall–Kier alpha value is -0.820. The molecule has 112 valence electrons. The van der Waals surface area contributed by atoms with E-state index in [0.717, 1.165) is 12.3 Å². The Morgan fingerprint density at radius 2 is 1.70 bits per heavy atom. The quantitative estimate of drug-likeness (QED) is 0.816. The van der Waals surface area contributed by atoms with Crippen LogP contribution in [-0.4, -0.2) is 11.2 Å². The van der Waals surface area contributed by atoms with Crippen molar-refractivity contribution in [2.24, 2.45) is 11.8 Å². The van der Waals surface area contributed by atoms with Crippen molar-refractivity contribution in [3.8, 4) is 0 Å². The van der Waals surface area contributed by atoms with Crippen LogP contribution in [0, 0.1) is 25.7 Å². The van der Waals surface area contributed by atoms with E-state index in [1.165, 1.54) is 55.2 Å². The summed E-state index contributed by atoms with van der Waals surface area (Å²) in [5.74, 6) is 1.44. The van der Waals surface area contributed by atoms with E-state index in [9.17, 15) is 5.11 Å². The molecule has 2 rings (SSSR count). The van der Waals surface area contributed by atoms with E-state index in [-0.39, 0.29) is 6.10 Å². The van der Waals surface area contributed by atoms with Gasteiger partial charge in [-0.2, -0.15) is 0 Å². The van der Waals surface area contributed by atoms with Gasteiger partial charge in [-0.05, 0) is 61.6 Å². The van der Waals surface area contributed by atoms with Gasteiger partial charge < -0.3 is 5.11 Å². The average molecular weight is 274 g/mol. The molecule has 1 nitrogen and oxygen atoms in total. The van der Waals surface area contributed by atoms with Gasteiger partial charge in [-0.1, -0.05) is 50.8 Å². The summed E-state index contributed by atoms with van der Waals surface area (Å²) in [5, 5.41) is 10.6. The highest BCUT2D eigenvalue weighted by molar-refractivity contribution is 5.34. The summed E-state index contributed by atoms with van der Waals surface area (Å²) < 4.78 is 0. The maximum atomic E-state index is 10.6. The molecule has 0 radical (unpaired) electrons. The topological polar surface area (TPSA) is 20.2 Å². The first-order valence-electron chi connectivity index (χ1n) is 8.35. The van der Waals surface area contributed by atoms with Crippen LogP contribution in [0.15, 0.2) is 18.2 Å². The fraction of sp³-hybridized carbons (Fsp3) is 0.684. The smallest absolute Gasteiger partial charge is 0.0608 e. The zero-order valence-electron chi connectivity index (χ0n) is 13.4. The minimum Gasteiger partial charge on any atom is -0.392 e. The number of hydrogen-bond donors (Lipinski definition) is 1. The number of benzene rings is 1. The largest absolute Gasteiger partial charge is 0.392 e. The minimum absolute atomic E-state index is 0.155. The first-order chi connectivity index (χ1) is 9.61. The van der Waals surface area contributed by atoms with Crippen LogP contribution in [0.2, 0.25) is 0 Å². The molecule has 1 saturated carbocycles. The molecule has 0 bridgehead atoms. The van der Waals surface area contributed by atoms with Crippen LogP contribution in [0.1, 0.15) is 62.1 Å². The van der Waals surface area contributed by atoms with Gasteiger partial charge >= 0.3 is 0 Å². The number of aliphatic hydroxyl groups excluding tert-OH is 1. The summed E-state index contributed by atoms with van der Waals surface area (Å²) in [6, 6.07) is 6.43. The van der Waals surface area contributed by atoms with Crippen LogP contribution >= 0.6 is 0 Å². The molecule has 1 N–H and O–H groups in total. The first-order valence-corrected chi connectivity index (χ1v) is 8.35. The van der Waals surface area contributed by atoms with Gasteiger partial charge in [-0.25, -0.2) is 0 Å². The monoisotopic (exact) mass is 274 g/mol. The lowest BCUT2D eigenvalue weighted by Gasteiger charge is -2.32. The lowest BCUT2D eigenvalue weighted by molar-refractivity contribution is 0.0726. The summed E-state index contributed by atoms with van der Waals surface area (Å²) in [4.78, 5) is 0. The normalized spacial score (nSPS) is 24.6.